The second-order valence-electron chi connectivity index (χ2n) is 4.17. The summed E-state index contributed by atoms with van der Waals surface area (Å²) < 4.78 is 30.8. The van der Waals surface area contributed by atoms with Crippen LogP contribution in [0.2, 0.25) is 0 Å². The van der Waals surface area contributed by atoms with E-state index in [1.165, 1.54) is 0 Å². The highest BCUT2D eigenvalue weighted by Gasteiger charge is 2.21. The zero-order valence-electron chi connectivity index (χ0n) is 9.87. The standard InChI is InChI=1S/C10H22N2O3S/c1-15-8-3-2-7-12-16(13,14)9-10-5-4-6-11-10/h10-12H,2-9H2,1H3. The number of rotatable bonds is 8. The molecular weight excluding hydrogens is 228 g/mol. The Hall–Kier alpha value is -0.170. The van der Waals surface area contributed by atoms with E-state index >= 15 is 0 Å². The molecule has 6 heteroatoms. The molecule has 1 atom stereocenters. The Morgan fingerprint density at radius 3 is 2.88 bits per heavy atom. The van der Waals surface area contributed by atoms with E-state index in [1.807, 2.05) is 0 Å². The Morgan fingerprint density at radius 2 is 2.25 bits per heavy atom. The van der Waals surface area contributed by atoms with Crippen molar-refractivity contribution >= 4 is 10.0 Å². The molecule has 5 nitrogen and oxygen atoms in total. The highest BCUT2D eigenvalue weighted by atomic mass is 32.2. The topological polar surface area (TPSA) is 67.4 Å². The molecule has 0 amide bonds. The van der Waals surface area contributed by atoms with Crippen LogP contribution in [0.3, 0.4) is 0 Å². The van der Waals surface area contributed by atoms with Gasteiger partial charge in [-0.1, -0.05) is 0 Å². The number of hydrogen-bond acceptors (Lipinski definition) is 4. The predicted molar refractivity (Wildman–Crippen MR) is 63.9 cm³/mol. The van der Waals surface area contributed by atoms with Crippen LogP contribution in [-0.2, 0) is 14.8 Å². The normalized spacial score (nSPS) is 21.4. The Labute approximate surface area is 98.0 Å². The minimum Gasteiger partial charge on any atom is -0.385 e. The first-order chi connectivity index (χ1) is 7.64. The maximum absolute atomic E-state index is 11.6. The lowest BCUT2D eigenvalue weighted by atomic mass is 10.3. The van der Waals surface area contributed by atoms with E-state index in [2.05, 4.69) is 10.0 Å². The summed E-state index contributed by atoms with van der Waals surface area (Å²) in [6.07, 6.45) is 3.75. The van der Waals surface area contributed by atoms with Gasteiger partial charge in [-0.2, -0.15) is 0 Å². The highest BCUT2D eigenvalue weighted by Crippen LogP contribution is 2.06. The van der Waals surface area contributed by atoms with Gasteiger partial charge in [0.15, 0.2) is 0 Å². The second-order valence-corrected chi connectivity index (χ2v) is 6.02. The van der Waals surface area contributed by atoms with E-state index in [-0.39, 0.29) is 11.8 Å². The van der Waals surface area contributed by atoms with Crippen molar-refractivity contribution in [1.82, 2.24) is 10.0 Å². The van der Waals surface area contributed by atoms with Gasteiger partial charge in [0.25, 0.3) is 0 Å². The number of hydrogen-bond donors (Lipinski definition) is 2. The third-order valence-electron chi connectivity index (χ3n) is 2.68. The first kappa shape index (κ1) is 13.9. The van der Waals surface area contributed by atoms with Gasteiger partial charge in [0.1, 0.15) is 0 Å². The van der Waals surface area contributed by atoms with Gasteiger partial charge in [-0.3, -0.25) is 0 Å². The summed E-state index contributed by atoms with van der Waals surface area (Å²) in [5.41, 5.74) is 0. The Balaban J connectivity index is 2.13. The summed E-state index contributed by atoms with van der Waals surface area (Å²) >= 11 is 0. The monoisotopic (exact) mass is 250 g/mol. The van der Waals surface area contributed by atoms with E-state index in [0.717, 1.165) is 32.2 Å². The zero-order chi connectivity index (χ0) is 11.9. The molecule has 1 rings (SSSR count). The lowest BCUT2D eigenvalue weighted by molar-refractivity contribution is 0.193. The van der Waals surface area contributed by atoms with Crippen LogP contribution in [0.5, 0.6) is 0 Å². The minimum absolute atomic E-state index is 0.136. The van der Waals surface area contributed by atoms with Crippen LogP contribution in [0.15, 0.2) is 0 Å². The van der Waals surface area contributed by atoms with Crippen LogP contribution < -0.4 is 10.0 Å². The molecule has 1 aliphatic rings. The van der Waals surface area contributed by atoms with Gasteiger partial charge in [-0.25, -0.2) is 13.1 Å². The fraction of sp³-hybridized carbons (Fsp3) is 1.00. The zero-order valence-corrected chi connectivity index (χ0v) is 10.7. The van der Waals surface area contributed by atoms with Crippen molar-refractivity contribution in [2.24, 2.45) is 0 Å². The SMILES string of the molecule is COCCCCNS(=O)(=O)CC1CCCN1. The molecule has 1 saturated heterocycles. The number of unbranched alkanes of at least 4 members (excludes halogenated alkanes) is 1. The van der Waals surface area contributed by atoms with Crippen molar-refractivity contribution in [1.29, 1.82) is 0 Å². The van der Waals surface area contributed by atoms with Gasteiger partial charge >= 0.3 is 0 Å². The lowest BCUT2D eigenvalue weighted by Gasteiger charge is -2.11. The maximum atomic E-state index is 11.6. The largest absolute Gasteiger partial charge is 0.385 e. The number of nitrogens with one attached hydrogen (secondary N) is 2. The lowest BCUT2D eigenvalue weighted by Crippen LogP contribution is -2.37. The third-order valence-corrected chi connectivity index (χ3v) is 4.17. The summed E-state index contributed by atoms with van der Waals surface area (Å²) in [5, 5.41) is 3.18. The smallest absolute Gasteiger partial charge is 0.213 e. The summed E-state index contributed by atoms with van der Waals surface area (Å²) in [6.45, 7) is 2.14. The molecule has 1 unspecified atom stereocenters. The minimum atomic E-state index is -3.11. The van der Waals surface area contributed by atoms with E-state index < -0.39 is 10.0 Å². The molecule has 0 aliphatic carbocycles. The van der Waals surface area contributed by atoms with E-state index in [4.69, 9.17) is 4.74 Å². The average Bonchev–Trinajstić information content (AvgIpc) is 2.69. The number of methoxy groups -OCH3 is 1. The van der Waals surface area contributed by atoms with Gasteiger partial charge in [0.2, 0.25) is 10.0 Å². The van der Waals surface area contributed by atoms with Crippen molar-refractivity contribution in [3.05, 3.63) is 0 Å². The van der Waals surface area contributed by atoms with E-state index in [0.29, 0.717) is 13.2 Å². The fourth-order valence-corrected chi connectivity index (χ4v) is 3.21. The first-order valence-electron chi connectivity index (χ1n) is 5.84. The van der Waals surface area contributed by atoms with Crippen LogP contribution >= 0.6 is 0 Å². The molecule has 0 bridgehead atoms. The highest BCUT2D eigenvalue weighted by molar-refractivity contribution is 7.89. The Morgan fingerprint density at radius 1 is 1.44 bits per heavy atom. The van der Waals surface area contributed by atoms with Crippen molar-refractivity contribution < 1.29 is 13.2 Å². The predicted octanol–water partition coefficient (Wildman–Crippen LogP) is 0.0844. The molecule has 96 valence electrons. The van der Waals surface area contributed by atoms with Gasteiger partial charge < -0.3 is 10.1 Å². The van der Waals surface area contributed by atoms with Crippen molar-refractivity contribution in [2.75, 3.05) is 32.6 Å². The van der Waals surface area contributed by atoms with Gasteiger partial charge in [0.05, 0.1) is 5.75 Å². The van der Waals surface area contributed by atoms with Crippen LogP contribution in [0.1, 0.15) is 25.7 Å². The van der Waals surface area contributed by atoms with Crippen molar-refractivity contribution in [3.8, 4) is 0 Å². The van der Waals surface area contributed by atoms with Gasteiger partial charge in [0, 0.05) is 26.3 Å². The molecule has 0 aromatic rings. The van der Waals surface area contributed by atoms with Crippen LogP contribution in [0.25, 0.3) is 0 Å². The van der Waals surface area contributed by atoms with Crippen LogP contribution in [0.4, 0.5) is 0 Å². The molecule has 0 radical (unpaired) electrons. The molecule has 1 aliphatic heterocycles. The molecule has 0 aromatic carbocycles. The van der Waals surface area contributed by atoms with Crippen molar-refractivity contribution in [3.63, 3.8) is 0 Å². The Kier molecular flexibility index (Phi) is 6.26. The quantitative estimate of drug-likeness (QED) is 0.599. The summed E-state index contributed by atoms with van der Waals surface area (Å²) in [5.74, 6) is 0.206. The molecule has 2 N–H and O–H groups in total. The molecule has 1 heterocycles. The number of ether oxygens (including phenoxy) is 1. The summed E-state index contributed by atoms with van der Waals surface area (Å²) in [7, 11) is -1.46. The summed E-state index contributed by atoms with van der Waals surface area (Å²) in [4.78, 5) is 0. The summed E-state index contributed by atoms with van der Waals surface area (Å²) in [6, 6.07) is 0.136. The molecule has 16 heavy (non-hydrogen) atoms. The van der Waals surface area contributed by atoms with Crippen molar-refractivity contribution in [2.45, 2.75) is 31.7 Å². The van der Waals surface area contributed by atoms with Crippen LogP contribution in [0, 0.1) is 0 Å². The molecular formula is C10H22N2O3S. The molecule has 0 saturated carbocycles. The Bertz CT molecular complexity index is 274. The van der Waals surface area contributed by atoms with E-state index in [9.17, 15) is 8.42 Å². The second kappa shape index (κ2) is 7.21. The maximum Gasteiger partial charge on any atom is 0.213 e. The first-order valence-corrected chi connectivity index (χ1v) is 7.49. The molecule has 1 fully saturated rings. The molecule has 0 aromatic heterocycles. The average molecular weight is 250 g/mol. The van der Waals surface area contributed by atoms with Gasteiger partial charge in [-0.05, 0) is 32.2 Å². The van der Waals surface area contributed by atoms with Gasteiger partial charge in [-0.15, -0.1) is 0 Å². The molecule has 0 spiro atoms. The fourth-order valence-electron chi connectivity index (χ4n) is 1.82. The number of sulfonamides is 1. The third kappa shape index (κ3) is 5.79. The van der Waals surface area contributed by atoms with Crippen LogP contribution in [-0.4, -0.2) is 47.0 Å². The van der Waals surface area contributed by atoms with E-state index in [1.54, 1.807) is 7.11 Å².